The number of sulfonamides is 1. The van der Waals surface area contributed by atoms with E-state index in [1.54, 1.807) is 23.1 Å². The van der Waals surface area contributed by atoms with E-state index in [2.05, 4.69) is 9.88 Å². The Balaban J connectivity index is 1.58. The molecule has 1 fully saturated rings. The molecule has 2 aromatic carbocycles. The molecule has 4 rings (SSSR count). The molecular weight excluding hydrogens is 496 g/mol. The van der Waals surface area contributed by atoms with E-state index >= 15 is 0 Å². The third kappa shape index (κ3) is 5.59. The van der Waals surface area contributed by atoms with Crippen LogP contribution in [-0.4, -0.2) is 82.0 Å². The maximum absolute atomic E-state index is 13.5. The maximum Gasteiger partial charge on any atom is 0.260 e. The zero-order valence-corrected chi connectivity index (χ0v) is 21.5. The predicted octanol–water partition coefficient (Wildman–Crippen LogP) is 3.57. The third-order valence-electron chi connectivity index (χ3n) is 5.65. The topological polar surface area (TPSA) is 83.1 Å². The lowest BCUT2D eigenvalue weighted by Gasteiger charge is -2.27. The maximum atomic E-state index is 13.5. The summed E-state index contributed by atoms with van der Waals surface area (Å²) >= 11 is 7.55. The lowest BCUT2D eigenvalue weighted by Crippen LogP contribution is -2.39. The van der Waals surface area contributed by atoms with Crippen LogP contribution in [-0.2, 0) is 14.8 Å². The van der Waals surface area contributed by atoms with E-state index in [-0.39, 0.29) is 10.8 Å². The first-order valence-electron chi connectivity index (χ1n) is 11.0. The fourth-order valence-electron chi connectivity index (χ4n) is 3.70. The molecule has 182 valence electrons. The minimum Gasteiger partial charge on any atom is -0.379 e. The van der Waals surface area contributed by atoms with Crippen LogP contribution in [0.15, 0.2) is 47.4 Å². The van der Waals surface area contributed by atoms with E-state index < -0.39 is 10.0 Å². The van der Waals surface area contributed by atoms with E-state index in [1.807, 2.05) is 12.1 Å². The number of anilines is 1. The summed E-state index contributed by atoms with van der Waals surface area (Å²) < 4.78 is 32.2. The molecule has 0 saturated carbocycles. The van der Waals surface area contributed by atoms with Crippen LogP contribution in [0.25, 0.3) is 10.2 Å². The van der Waals surface area contributed by atoms with Crippen molar-refractivity contribution in [3.63, 3.8) is 0 Å². The van der Waals surface area contributed by atoms with Gasteiger partial charge in [-0.15, -0.1) is 0 Å². The van der Waals surface area contributed by atoms with Crippen LogP contribution >= 0.6 is 22.9 Å². The van der Waals surface area contributed by atoms with Gasteiger partial charge in [0.2, 0.25) is 10.0 Å². The molecule has 0 bridgehead atoms. The van der Waals surface area contributed by atoms with Gasteiger partial charge in [0.1, 0.15) is 0 Å². The van der Waals surface area contributed by atoms with E-state index in [1.165, 1.54) is 37.6 Å². The summed E-state index contributed by atoms with van der Waals surface area (Å²) in [6.07, 6.45) is 0.773. The number of carbonyl (C=O) groups excluding carboxylic acids is 1. The zero-order chi connectivity index (χ0) is 24.3. The lowest BCUT2D eigenvalue weighted by molar-refractivity contribution is 0.0376. The average Bonchev–Trinajstić information content (AvgIpc) is 3.25. The van der Waals surface area contributed by atoms with Gasteiger partial charge in [0.15, 0.2) is 5.13 Å². The van der Waals surface area contributed by atoms with Crippen molar-refractivity contribution < 1.29 is 17.9 Å². The van der Waals surface area contributed by atoms with Crippen molar-refractivity contribution in [3.05, 3.63) is 53.1 Å². The highest BCUT2D eigenvalue weighted by Crippen LogP contribution is 2.32. The number of amides is 1. The van der Waals surface area contributed by atoms with Crippen molar-refractivity contribution in [2.24, 2.45) is 0 Å². The summed E-state index contributed by atoms with van der Waals surface area (Å²) in [5, 5.41) is 1.21. The first kappa shape index (κ1) is 25.0. The quantitative estimate of drug-likeness (QED) is 0.450. The number of nitrogens with zero attached hydrogens (tertiary/aromatic N) is 4. The van der Waals surface area contributed by atoms with Gasteiger partial charge in [-0.05, 0) is 48.9 Å². The fraction of sp³-hybridized carbons (Fsp3) is 0.391. The first-order chi connectivity index (χ1) is 16.3. The first-order valence-corrected chi connectivity index (χ1v) is 13.6. The Morgan fingerprint density at radius 1 is 1.15 bits per heavy atom. The Morgan fingerprint density at radius 3 is 2.53 bits per heavy atom. The van der Waals surface area contributed by atoms with Crippen LogP contribution in [0.5, 0.6) is 0 Å². The standard InChI is InChI=1S/C23H27ClN4O4S2/c1-26(2)34(30,31)19-7-4-17(5-8-19)22(29)28(11-3-10-27-12-14-32-15-13-27)23-25-20-9-6-18(24)16-21(20)33-23/h4-9,16H,3,10-15H2,1-2H3. The van der Waals surface area contributed by atoms with Gasteiger partial charge in [0, 0.05) is 50.9 Å². The fourth-order valence-corrected chi connectivity index (χ4v) is 5.87. The highest BCUT2D eigenvalue weighted by Gasteiger charge is 2.23. The molecule has 34 heavy (non-hydrogen) atoms. The van der Waals surface area contributed by atoms with E-state index in [4.69, 9.17) is 16.3 Å². The van der Waals surface area contributed by atoms with Crippen molar-refractivity contribution in [2.45, 2.75) is 11.3 Å². The number of hydrogen-bond donors (Lipinski definition) is 0. The molecular formula is C23H27ClN4O4S2. The molecule has 0 unspecified atom stereocenters. The van der Waals surface area contributed by atoms with Crippen molar-refractivity contribution in [3.8, 4) is 0 Å². The van der Waals surface area contributed by atoms with E-state index in [9.17, 15) is 13.2 Å². The molecule has 1 saturated heterocycles. The molecule has 1 aliphatic heterocycles. The normalized spacial score (nSPS) is 15.2. The molecule has 1 aromatic heterocycles. The molecule has 0 radical (unpaired) electrons. The molecule has 8 nitrogen and oxygen atoms in total. The summed E-state index contributed by atoms with van der Waals surface area (Å²) in [4.78, 5) is 22.4. The monoisotopic (exact) mass is 522 g/mol. The number of benzene rings is 2. The molecule has 2 heterocycles. The van der Waals surface area contributed by atoms with Crippen LogP contribution in [0.2, 0.25) is 5.02 Å². The molecule has 3 aromatic rings. The largest absolute Gasteiger partial charge is 0.379 e. The Morgan fingerprint density at radius 2 is 1.85 bits per heavy atom. The lowest BCUT2D eigenvalue weighted by atomic mass is 10.2. The number of halogens is 1. The molecule has 0 atom stereocenters. The van der Waals surface area contributed by atoms with Crippen molar-refractivity contribution in [1.82, 2.24) is 14.2 Å². The van der Waals surface area contributed by atoms with Crippen LogP contribution in [0.4, 0.5) is 5.13 Å². The Kier molecular flexibility index (Phi) is 7.86. The van der Waals surface area contributed by atoms with Gasteiger partial charge >= 0.3 is 0 Å². The molecule has 1 aliphatic rings. The second-order valence-electron chi connectivity index (χ2n) is 8.18. The number of thiazole rings is 1. The second kappa shape index (κ2) is 10.7. The Bertz CT molecular complexity index is 1260. The Hall–Kier alpha value is -2.08. The van der Waals surface area contributed by atoms with Crippen LogP contribution in [0.3, 0.4) is 0 Å². The predicted molar refractivity (Wildman–Crippen MR) is 135 cm³/mol. The van der Waals surface area contributed by atoms with E-state index in [0.29, 0.717) is 22.3 Å². The molecule has 0 aliphatic carbocycles. The number of rotatable bonds is 8. The summed E-state index contributed by atoms with van der Waals surface area (Å²) in [5.74, 6) is -0.221. The van der Waals surface area contributed by atoms with Crippen molar-refractivity contribution in [2.75, 3.05) is 58.4 Å². The number of morpholine rings is 1. The molecule has 1 amide bonds. The number of fused-ring (bicyclic) bond motifs is 1. The van der Waals surface area contributed by atoms with Crippen LogP contribution in [0.1, 0.15) is 16.8 Å². The van der Waals surface area contributed by atoms with Gasteiger partial charge in [0.05, 0.1) is 28.3 Å². The van der Waals surface area contributed by atoms with E-state index in [0.717, 1.165) is 53.8 Å². The van der Waals surface area contributed by atoms with Gasteiger partial charge < -0.3 is 4.74 Å². The van der Waals surface area contributed by atoms with Crippen molar-refractivity contribution in [1.29, 1.82) is 0 Å². The van der Waals surface area contributed by atoms with Gasteiger partial charge in [-0.25, -0.2) is 17.7 Å². The molecule has 0 N–H and O–H groups in total. The van der Waals surface area contributed by atoms with Gasteiger partial charge in [0.25, 0.3) is 5.91 Å². The number of carbonyl (C=O) groups is 1. The third-order valence-corrected chi connectivity index (χ3v) is 8.76. The molecule has 11 heteroatoms. The Labute approximate surface area is 208 Å². The number of ether oxygens (including phenoxy) is 1. The minimum atomic E-state index is -3.57. The summed E-state index contributed by atoms with van der Waals surface area (Å²) in [7, 11) is -0.618. The highest BCUT2D eigenvalue weighted by atomic mass is 35.5. The molecule has 0 spiro atoms. The second-order valence-corrected chi connectivity index (χ2v) is 11.8. The number of hydrogen-bond acceptors (Lipinski definition) is 7. The highest BCUT2D eigenvalue weighted by molar-refractivity contribution is 7.89. The van der Waals surface area contributed by atoms with Gasteiger partial charge in [-0.3, -0.25) is 14.6 Å². The van der Waals surface area contributed by atoms with Gasteiger partial charge in [-0.1, -0.05) is 22.9 Å². The SMILES string of the molecule is CN(C)S(=O)(=O)c1ccc(C(=O)N(CCCN2CCOCC2)c2nc3ccc(Cl)cc3s2)cc1. The summed E-state index contributed by atoms with van der Waals surface area (Å²) in [5.41, 5.74) is 1.18. The zero-order valence-electron chi connectivity index (χ0n) is 19.1. The smallest absolute Gasteiger partial charge is 0.260 e. The van der Waals surface area contributed by atoms with Crippen LogP contribution < -0.4 is 4.90 Å². The van der Waals surface area contributed by atoms with Crippen LogP contribution in [0, 0.1) is 0 Å². The number of aromatic nitrogens is 1. The van der Waals surface area contributed by atoms with Gasteiger partial charge in [-0.2, -0.15) is 0 Å². The van der Waals surface area contributed by atoms with Crippen molar-refractivity contribution >= 4 is 54.2 Å². The minimum absolute atomic E-state index is 0.141. The summed E-state index contributed by atoms with van der Waals surface area (Å²) in [6.45, 7) is 4.56. The average molecular weight is 523 g/mol. The summed E-state index contributed by atoms with van der Waals surface area (Å²) in [6, 6.07) is 11.5.